The largest absolute Gasteiger partial charge is 0.395 e. The Kier molecular flexibility index (Phi) is 5.93. The summed E-state index contributed by atoms with van der Waals surface area (Å²) >= 11 is 1.48. The van der Waals surface area contributed by atoms with Crippen LogP contribution in [-0.2, 0) is 16.0 Å². The number of rotatable bonds is 7. The minimum atomic E-state index is -0.329. The topological polar surface area (TPSA) is 91.3 Å². The Bertz CT molecular complexity index is 909. The fraction of sp³-hybridized carbons (Fsp3) is 0.211. The third kappa shape index (κ3) is 4.65. The van der Waals surface area contributed by atoms with Gasteiger partial charge in [-0.25, -0.2) is 4.98 Å². The molecule has 0 radical (unpaired) electrons. The SMILES string of the molecule is O=C(CNC(=O)Cc1nc2ccc(-c3ccccc3)cc2s1)NCCO. The summed E-state index contributed by atoms with van der Waals surface area (Å²) in [6.45, 7) is -0.0609. The average molecular weight is 369 g/mol. The molecule has 0 saturated heterocycles. The van der Waals surface area contributed by atoms with E-state index in [1.807, 2.05) is 30.3 Å². The van der Waals surface area contributed by atoms with Crippen molar-refractivity contribution >= 4 is 33.4 Å². The number of nitrogens with one attached hydrogen (secondary N) is 2. The first-order valence-corrected chi connectivity index (χ1v) is 9.06. The molecule has 2 amide bonds. The van der Waals surface area contributed by atoms with Gasteiger partial charge in [-0.3, -0.25) is 9.59 Å². The smallest absolute Gasteiger partial charge is 0.239 e. The van der Waals surface area contributed by atoms with Gasteiger partial charge in [0.05, 0.1) is 29.8 Å². The van der Waals surface area contributed by atoms with E-state index in [0.717, 1.165) is 21.3 Å². The molecular formula is C19H19N3O3S. The Balaban J connectivity index is 1.64. The van der Waals surface area contributed by atoms with Gasteiger partial charge in [-0.1, -0.05) is 36.4 Å². The first-order chi connectivity index (χ1) is 12.7. The van der Waals surface area contributed by atoms with E-state index in [9.17, 15) is 9.59 Å². The second kappa shape index (κ2) is 8.55. The molecule has 0 bridgehead atoms. The van der Waals surface area contributed by atoms with Crippen molar-refractivity contribution in [3.63, 3.8) is 0 Å². The van der Waals surface area contributed by atoms with Gasteiger partial charge in [0.15, 0.2) is 0 Å². The Labute approximate surface area is 154 Å². The highest BCUT2D eigenvalue weighted by atomic mass is 32.1. The Morgan fingerprint density at radius 1 is 1.00 bits per heavy atom. The average Bonchev–Trinajstić information content (AvgIpc) is 3.06. The van der Waals surface area contributed by atoms with Gasteiger partial charge >= 0.3 is 0 Å². The van der Waals surface area contributed by atoms with Crippen LogP contribution in [0, 0.1) is 0 Å². The number of hydrogen-bond donors (Lipinski definition) is 3. The van der Waals surface area contributed by atoms with Crippen molar-refractivity contribution in [2.45, 2.75) is 6.42 Å². The lowest BCUT2D eigenvalue weighted by Crippen LogP contribution is -2.38. The van der Waals surface area contributed by atoms with Crippen LogP contribution in [0.5, 0.6) is 0 Å². The molecule has 134 valence electrons. The number of aromatic nitrogens is 1. The van der Waals surface area contributed by atoms with E-state index in [0.29, 0.717) is 5.01 Å². The van der Waals surface area contributed by atoms with Crippen LogP contribution < -0.4 is 10.6 Å². The normalized spacial score (nSPS) is 10.7. The number of fused-ring (bicyclic) bond motifs is 1. The van der Waals surface area contributed by atoms with Gasteiger partial charge in [0.1, 0.15) is 5.01 Å². The predicted molar refractivity (Wildman–Crippen MR) is 102 cm³/mol. The summed E-state index contributed by atoms with van der Waals surface area (Å²) in [5, 5.41) is 14.4. The third-order valence-corrected chi connectivity index (χ3v) is 4.75. The van der Waals surface area contributed by atoms with Gasteiger partial charge in [0, 0.05) is 6.54 Å². The maximum absolute atomic E-state index is 12.0. The van der Waals surface area contributed by atoms with Crippen molar-refractivity contribution in [1.29, 1.82) is 0 Å². The van der Waals surface area contributed by atoms with E-state index in [1.54, 1.807) is 0 Å². The number of carbonyl (C=O) groups is 2. The summed E-state index contributed by atoms with van der Waals surface area (Å²) in [7, 11) is 0. The number of benzene rings is 2. The monoisotopic (exact) mass is 369 g/mol. The maximum Gasteiger partial charge on any atom is 0.239 e. The van der Waals surface area contributed by atoms with Crippen LogP contribution in [0.25, 0.3) is 21.3 Å². The fourth-order valence-electron chi connectivity index (χ4n) is 2.49. The summed E-state index contributed by atoms with van der Waals surface area (Å²) in [6.07, 6.45) is 0.132. The molecule has 0 unspecified atom stereocenters. The first-order valence-electron chi connectivity index (χ1n) is 8.25. The zero-order valence-corrected chi connectivity index (χ0v) is 14.9. The molecule has 0 saturated carbocycles. The lowest BCUT2D eigenvalue weighted by atomic mass is 10.1. The molecule has 0 aliphatic rings. The van der Waals surface area contributed by atoms with Crippen LogP contribution in [0.3, 0.4) is 0 Å². The van der Waals surface area contributed by atoms with Crippen molar-refractivity contribution in [2.75, 3.05) is 19.7 Å². The van der Waals surface area contributed by atoms with E-state index < -0.39 is 0 Å². The molecule has 0 atom stereocenters. The third-order valence-electron chi connectivity index (χ3n) is 3.73. The quantitative estimate of drug-likeness (QED) is 0.591. The Morgan fingerprint density at radius 2 is 1.81 bits per heavy atom. The van der Waals surface area contributed by atoms with E-state index in [2.05, 4.69) is 33.8 Å². The number of aliphatic hydroxyl groups is 1. The maximum atomic E-state index is 12.0. The predicted octanol–water partition coefficient (Wildman–Crippen LogP) is 1.73. The molecular weight excluding hydrogens is 350 g/mol. The van der Waals surface area contributed by atoms with Gasteiger partial charge in [-0.2, -0.15) is 0 Å². The molecule has 7 heteroatoms. The second-order valence-corrected chi connectivity index (χ2v) is 6.80. The number of aliphatic hydroxyl groups excluding tert-OH is 1. The van der Waals surface area contributed by atoms with Crippen molar-refractivity contribution in [3.05, 3.63) is 53.5 Å². The highest BCUT2D eigenvalue weighted by Gasteiger charge is 2.11. The van der Waals surface area contributed by atoms with Gasteiger partial charge < -0.3 is 15.7 Å². The van der Waals surface area contributed by atoms with Crippen molar-refractivity contribution in [3.8, 4) is 11.1 Å². The number of nitrogens with zero attached hydrogens (tertiary/aromatic N) is 1. The molecule has 1 aromatic heterocycles. The van der Waals surface area contributed by atoms with E-state index >= 15 is 0 Å². The minimum Gasteiger partial charge on any atom is -0.395 e. The zero-order valence-electron chi connectivity index (χ0n) is 14.1. The van der Waals surface area contributed by atoms with Crippen LogP contribution in [0.1, 0.15) is 5.01 Å². The number of thiazole rings is 1. The Morgan fingerprint density at radius 3 is 2.58 bits per heavy atom. The standard InChI is InChI=1S/C19H19N3O3S/c23-9-8-20-18(25)12-21-17(24)11-19-22-15-7-6-14(10-16(15)26-19)13-4-2-1-3-5-13/h1-7,10,23H,8-9,11-12H2,(H,20,25)(H,21,24). The molecule has 3 N–H and O–H groups in total. The van der Waals surface area contributed by atoms with Crippen LogP contribution >= 0.6 is 11.3 Å². The van der Waals surface area contributed by atoms with Crippen molar-refractivity contribution in [2.24, 2.45) is 0 Å². The molecule has 26 heavy (non-hydrogen) atoms. The van der Waals surface area contributed by atoms with Gasteiger partial charge in [0.25, 0.3) is 0 Å². The van der Waals surface area contributed by atoms with E-state index in [1.165, 1.54) is 11.3 Å². The molecule has 3 aromatic rings. The summed E-state index contributed by atoms with van der Waals surface area (Å²) < 4.78 is 1.02. The highest BCUT2D eigenvalue weighted by Crippen LogP contribution is 2.28. The fourth-order valence-corrected chi connectivity index (χ4v) is 3.50. The number of hydrogen-bond acceptors (Lipinski definition) is 5. The number of amides is 2. The Hall–Kier alpha value is -2.77. The molecule has 1 heterocycles. The van der Waals surface area contributed by atoms with Gasteiger partial charge in [-0.15, -0.1) is 11.3 Å². The molecule has 0 aliphatic heterocycles. The van der Waals surface area contributed by atoms with Crippen LogP contribution in [0.15, 0.2) is 48.5 Å². The molecule has 3 rings (SSSR count). The highest BCUT2D eigenvalue weighted by molar-refractivity contribution is 7.18. The van der Waals surface area contributed by atoms with E-state index in [4.69, 9.17) is 5.11 Å². The zero-order chi connectivity index (χ0) is 18.4. The van der Waals surface area contributed by atoms with Crippen LogP contribution in [0.4, 0.5) is 0 Å². The summed E-state index contributed by atoms with van der Waals surface area (Å²) in [4.78, 5) is 27.9. The molecule has 2 aromatic carbocycles. The summed E-state index contributed by atoms with van der Waals surface area (Å²) in [5.74, 6) is -0.587. The van der Waals surface area contributed by atoms with Crippen LogP contribution in [-0.4, -0.2) is 41.6 Å². The molecule has 0 fully saturated rings. The van der Waals surface area contributed by atoms with Gasteiger partial charge in [-0.05, 0) is 23.3 Å². The minimum absolute atomic E-state index is 0.109. The second-order valence-electron chi connectivity index (χ2n) is 5.68. The first kappa shape index (κ1) is 18.0. The number of carbonyl (C=O) groups excluding carboxylic acids is 2. The lowest BCUT2D eigenvalue weighted by Gasteiger charge is -2.04. The van der Waals surface area contributed by atoms with E-state index in [-0.39, 0.29) is 37.9 Å². The molecule has 0 aliphatic carbocycles. The van der Waals surface area contributed by atoms with Crippen molar-refractivity contribution < 1.29 is 14.7 Å². The molecule has 0 spiro atoms. The lowest BCUT2D eigenvalue weighted by molar-refractivity contribution is -0.125. The molecule has 6 nitrogen and oxygen atoms in total. The summed E-state index contributed by atoms with van der Waals surface area (Å²) in [5.41, 5.74) is 3.10. The summed E-state index contributed by atoms with van der Waals surface area (Å²) in [6, 6.07) is 16.1. The van der Waals surface area contributed by atoms with Crippen LogP contribution in [0.2, 0.25) is 0 Å². The van der Waals surface area contributed by atoms with Gasteiger partial charge in [0.2, 0.25) is 11.8 Å². The van der Waals surface area contributed by atoms with Crippen molar-refractivity contribution in [1.82, 2.24) is 15.6 Å².